The molecule has 4 rings (SSSR count). The van der Waals surface area contributed by atoms with Crippen LogP contribution in [0.1, 0.15) is 36.8 Å². The maximum Gasteiger partial charge on any atom is 0.411 e. The lowest BCUT2D eigenvalue weighted by molar-refractivity contribution is 0.102. The van der Waals surface area contributed by atoms with Crippen molar-refractivity contribution in [3.05, 3.63) is 58.7 Å². The van der Waals surface area contributed by atoms with Crippen LogP contribution in [0, 0.1) is 0 Å². The van der Waals surface area contributed by atoms with Crippen LogP contribution in [0.5, 0.6) is 5.75 Å². The van der Waals surface area contributed by atoms with Crippen molar-refractivity contribution in [2.45, 2.75) is 26.2 Å². The minimum atomic E-state index is -0.611. The van der Waals surface area contributed by atoms with Gasteiger partial charge in [-0.2, -0.15) is 5.10 Å². The van der Waals surface area contributed by atoms with Crippen LogP contribution in [0.2, 0.25) is 5.02 Å². The number of H-pyrrole nitrogens is 1. The number of phenolic OH excluding ortho intramolecular Hbond substituents is 1. The number of carbonyl (C=O) groups excluding carboxylic acids is 2. The van der Waals surface area contributed by atoms with Gasteiger partial charge in [-0.05, 0) is 42.5 Å². The van der Waals surface area contributed by atoms with Gasteiger partial charge in [0.25, 0.3) is 5.91 Å². The van der Waals surface area contributed by atoms with E-state index in [0.717, 1.165) is 5.69 Å². The van der Waals surface area contributed by atoms with Gasteiger partial charge in [-0.25, -0.2) is 4.79 Å². The molecule has 4 aromatic rings. The Hall–Kier alpha value is -4.05. The summed E-state index contributed by atoms with van der Waals surface area (Å²) in [6.07, 6.45) is -0.611. The van der Waals surface area contributed by atoms with Gasteiger partial charge in [-0.15, -0.1) is 9.73 Å². The summed E-state index contributed by atoms with van der Waals surface area (Å²) in [7, 11) is 1.26. The Morgan fingerprint density at radius 3 is 2.41 bits per heavy atom. The van der Waals surface area contributed by atoms with Crippen LogP contribution < -0.4 is 10.6 Å². The number of hydrogen-bond acceptors (Lipinski definition) is 6. The normalized spacial score (nSPS) is 11.4. The molecule has 0 radical (unpaired) electrons. The molecule has 2 heterocycles. The Morgan fingerprint density at radius 1 is 1.09 bits per heavy atom. The van der Waals surface area contributed by atoms with Crippen molar-refractivity contribution >= 4 is 40.6 Å². The Bertz CT molecular complexity index is 1390. The molecule has 34 heavy (non-hydrogen) atoms. The molecule has 0 spiro atoms. The van der Waals surface area contributed by atoms with Gasteiger partial charge in [0.1, 0.15) is 10.8 Å². The first-order chi connectivity index (χ1) is 16.1. The van der Waals surface area contributed by atoms with Gasteiger partial charge in [0.2, 0.25) is 0 Å². The van der Waals surface area contributed by atoms with E-state index in [0.29, 0.717) is 33.3 Å². The van der Waals surface area contributed by atoms with Crippen molar-refractivity contribution in [3.63, 3.8) is 0 Å². The molecule has 0 saturated heterocycles. The molecule has 0 fully saturated rings. The third kappa shape index (κ3) is 4.53. The molecule has 0 unspecified atom stereocenters. The number of aromatic amines is 1. The van der Waals surface area contributed by atoms with E-state index in [4.69, 9.17) is 11.6 Å². The van der Waals surface area contributed by atoms with Crippen LogP contribution in [0.3, 0.4) is 0 Å². The van der Waals surface area contributed by atoms with Crippen molar-refractivity contribution in [1.29, 1.82) is 0 Å². The number of benzene rings is 2. The standard InChI is InChI=1S/C23H23ClN6O4/c1-23(2,3)18-17(24)20-27-19(29-30(20)28-18)13-7-10-16(31)15(11-13)26-21(32)12-5-8-14(9-6-12)25-22(33)34-4/h5-11,31H,1-4H3,(H,25,33)(H,26,32)(H,27,29). The largest absolute Gasteiger partial charge is 0.506 e. The Kier molecular flexibility index (Phi) is 5.92. The van der Waals surface area contributed by atoms with E-state index in [9.17, 15) is 14.7 Å². The van der Waals surface area contributed by atoms with Crippen LogP contribution in [-0.4, -0.2) is 44.0 Å². The number of aromatic hydroxyl groups is 1. The highest BCUT2D eigenvalue weighted by molar-refractivity contribution is 6.34. The van der Waals surface area contributed by atoms with E-state index >= 15 is 0 Å². The van der Waals surface area contributed by atoms with E-state index in [-0.39, 0.29) is 16.9 Å². The van der Waals surface area contributed by atoms with Crippen molar-refractivity contribution in [2.24, 2.45) is 0 Å². The van der Waals surface area contributed by atoms with Gasteiger partial charge >= 0.3 is 6.09 Å². The van der Waals surface area contributed by atoms with Gasteiger partial charge in [-0.1, -0.05) is 32.4 Å². The molecule has 0 atom stereocenters. The molecular formula is C23H23ClN6O4. The molecule has 0 bridgehead atoms. The summed E-state index contributed by atoms with van der Waals surface area (Å²) in [5, 5.41) is 24.9. The Labute approximate surface area is 199 Å². The lowest BCUT2D eigenvalue weighted by Gasteiger charge is -2.14. The third-order valence-corrected chi connectivity index (χ3v) is 5.41. The fourth-order valence-electron chi connectivity index (χ4n) is 3.26. The monoisotopic (exact) mass is 482 g/mol. The number of fused-ring (bicyclic) bond motifs is 1. The molecule has 10 nitrogen and oxygen atoms in total. The Balaban J connectivity index is 1.56. The first-order valence-corrected chi connectivity index (χ1v) is 10.7. The van der Waals surface area contributed by atoms with Gasteiger partial charge in [-0.3, -0.25) is 10.1 Å². The smallest absolute Gasteiger partial charge is 0.411 e. The van der Waals surface area contributed by atoms with Crippen molar-refractivity contribution in [1.82, 2.24) is 19.8 Å². The summed E-state index contributed by atoms with van der Waals surface area (Å²) in [5.41, 5.74) is 2.67. The molecule has 2 aromatic carbocycles. The lowest BCUT2D eigenvalue weighted by atomic mass is 9.92. The van der Waals surface area contributed by atoms with Gasteiger partial charge < -0.3 is 20.1 Å². The number of ether oxygens (including phenoxy) is 1. The lowest BCUT2D eigenvalue weighted by Crippen LogP contribution is -2.13. The average Bonchev–Trinajstić information content (AvgIpc) is 3.35. The highest BCUT2D eigenvalue weighted by atomic mass is 35.5. The van der Waals surface area contributed by atoms with Crippen LogP contribution >= 0.6 is 11.6 Å². The zero-order chi connectivity index (χ0) is 24.6. The summed E-state index contributed by atoms with van der Waals surface area (Å²) < 4.78 is 5.97. The van der Waals surface area contributed by atoms with Crippen molar-refractivity contribution < 1.29 is 19.4 Å². The molecular weight excluding hydrogens is 460 g/mol. The van der Waals surface area contributed by atoms with Crippen LogP contribution in [-0.2, 0) is 10.2 Å². The minimum Gasteiger partial charge on any atom is -0.506 e. The molecule has 2 aromatic heterocycles. The van der Waals surface area contributed by atoms with Gasteiger partial charge in [0, 0.05) is 22.2 Å². The second-order valence-corrected chi connectivity index (χ2v) is 8.98. The summed E-state index contributed by atoms with van der Waals surface area (Å²) >= 11 is 6.50. The molecule has 0 aliphatic heterocycles. The highest BCUT2D eigenvalue weighted by Gasteiger charge is 2.25. The summed E-state index contributed by atoms with van der Waals surface area (Å²) in [5.74, 6) is -0.0757. The number of methoxy groups -OCH3 is 1. The zero-order valence-corrected chi connectivity index (χ0v) is 19.7. The van der Waals surface area contributed by atoms with Crippen LogP contribution in [0.25, 0.3) is 17.0 Å². The van der Waals surface area contributed by atoms with Crippen molar-refractivity contribution in [3.8, 4) is 17.1 Å². The Morgan fingerprint density at radius 2 is 1.79 bits per heavy atom. The van der Waals surface area contributed by atoms with E-state index in [1.165, 1.54) is 29.9 Å². The predicted octanol–water partition coefficient (Wildman–Crippen LogP) is 4.81. The zero-order valence-electron chi connectivity index (χ0n) is 18.9. The van der Waals surface area contributed by atoms with Gasteiger partial charge in [0.05, 0.1) is 18.5 Å². The number of carbonyl (C=O) groups is 2. The SMILES string of the molecule is COC(=O)Nc1ccc(C(=O)Nc2cc(-c3nn4nc(C(C)(C)C)c(Cl)c4[nH]3)ccc2O)cc1. The minimum absolute atomic E-state index is 0.106. The number of anilines is 2. The topological polar surface area (TPSA) is 134 Å². The number of aromatic nitrogens is 4. The molecule has 0 aliphatic carbocycles. The molecule has 176 valence electrons. The van der Waals surface area contributed by atoms with E-state index in [1.54, 1.807) is 24.3 Å². The summed E-state index contributed by atoms with van der Waals surface area (Å²) in [4.78, 5) is 27.1. The van der Waals surface area contributed by atoms with Crippen LogP contribution in [0.15, 0.2) is 42.5 Å². The number of rotatable bonds is 4. The fourth-order valence-corrected chi connectivity index (χ4v) is 3.70. The first kappa shape index (κ1) is 23.1. The molecule has 4 N–H and O–H groups in total. The number of amides is 2. The number of halogens is 1. The number of nitrogens with one attached hydrogen (secondary N) is 3. The van der Waals surface area contributed by atoms with E-state index < -0.39 is 12.0 Å². The van der Waals surface area contributed by atoms with Crippen LogP contribution in [0.4, 0.5) is 16.2 Å². The summed E-state index contributed by atoms with van der Waals surface area (Å²) in [6, 6.07) is 10.9. The third-order valence-electron chi connectivity index (χ3n) is 5.05. The molecule has 2 amide bonds. The average molecular weight is 483 g/mol. The second kappa shape index (κ2) is 8.71. The second-order valence-electron chi connectivity index (χ2n) is 8.60. The van der Waals surface area contributed by atoms with E-state index in [2.05, 4.69) is 30.6 Å². The summed E-state index contributed by atoms with van der Waals surface area (Å²) in [6.45, 7) is 6.04. The maximum absolute atomic E-state index is 12.7. The van der Waals surface area contributed by atoms with Gasteiger partial charge in [0.15, 0.2) is 11.5 Å². The highest BCUT2D eigenvalue weighted by Crippen LogP contribution is 2.33. The number of hydrogen-bond donors (Lipinski definition) is 4. The fraction of sp³-hybridized carbons (Fsp3) is 0.217. The molecule has 11 heteroatoms. The molecule has 0 saturated carbocycles. The first-order valence-electron chi connectivity index (χ1n) is 10.3. The predicted molar refractivity (Wildman–Crippen MR) is 129 cm³/mol. The van der Waals surface area contributed by atoms with Crippen molar-refractivity contribution in [2.75, 3.05) is 17.7 Å². The maximum atomic E-state index is 12.7. The number of nitrogens with zero attached hydrogens (tertiary/aromatic N) is 3. The van der Waals surface area contributed by atoms with E-state index in [1.807, 2.05) is 20.8 Å². The quantitative estimate of drug-likeness (QED) is 0.308. The molecule has 0 aliphatic rings. The number of phenols is 1.